The lowest BCUT2D eigenvalue weighted by molar-refractivity contribution is -0.147. The summed E-state index contributed by atoms with van der Waals surface area (Å²) < 4.78 is 0. The molecule has 0 bridgehead atoms. The number of nitrogens with zero attached hydrogens (tertiary/aromatic N) is 2. The molecule has 0 N–H and O–H groups in total. The zero-order valence-corrected chi connectivity index (χ0v) is 15.5. The third kappa shape index (κ3) is 2.51. The molecule has 1 fully saturated rings. The van der Waals surface area contributed by atoms with Crippen LogP contribution >= 0.6 is 0 Å². The second-order valence-electron chi connectivity index (χ2n) is 7.37. The van der Waals surface area contributed by atoms with Gasteiger partial charge in [0.25, 0.3) is 5.66 Å². The second kappa shape index (κ2) is 6.93. The highest BCUT2D eigenvalue weighted by Crippen LogP contribution is 2.56. The monoisotopic (exact) mass is 374 g/mol. The molecule has 0 atom stereocenters. The van der Waals surface area contributed by atoms with Gasteiger partial charge in [-0.25, -0.2) is 9.59 Å². The van der Waals surface area contributed by atoms with Gasteiger partial charge >= 0.3 is 0 Å². The number of hydrogen-bond donors (Lipinski definition) is 0. The molecule has 28 heavy (non-hydrogen) atoms. The summed E-state index contributed by atoms with van der Waals surface area (Å²) in [7, 11) is 0. The number of isocyanates is 2. The maximum Gasteiger partial charge on any atom is 0.290 e. The lowest BCUT2D eigenvalue weighted by atomic mass is 9.49. The number of rotatable bonds is 4. The van der Waals surface area contributed by atoms with Gasteiger partial charge in [0.1, 0.15) is 0 Å². The molecule has 2 aromatic carbocycles. The molecule has 0 radical (unpaired) electrons. The van der Waals surface area contributed by atoms with Crippen molar-refractivity contribution in [3.05, 3.63) is 71.8 Å². The van der Waals surface area contributed by atoms with E-state index in [2.05, 4.69) is 9.98 Å². The molecular weight excluding hydrogens is 356 g/mol. The molecule has 0 unspecified atom stereocenters. The molecule has 0 spiro atoms. The second-order valence-corrected chi connectivity index (χ2v) is 7.37. The largest absolute Gasteiger partial charge is 0.294 e. The van der Waals surface area contributed by atoms with Crippen molar-refractivity contribution in [2.24, 2.45) is 15.4 Å². The molecule has 3 rings (SSSR count). The van der Waals surface area contributed by atoms with Gasteiger partial charge in [0.2, 0.25) is 17.9 Å². The van der Waals surface area contributed by atoms with E-state index in [1.807, 2.05) is 26.0 Å². The Balaban J connectivity index is 2.49. The van der Waals surface area contributed by atoms with Crippen molar-refractivity contribution >= 4 is 23.7 Å². The van der Waals surface area contributed by atoms with E-state index in [1.54, 1.807) is 48.5 Å². The van der Waals surface area contributed by atoms with E-state index in [9.17, 15) is 19.2 Å². The molecule has 0 amide bonds. The Kier molecular flexibility index (Phi) is 4.78. The van der Waals surface area contributed by atoms with Crippen LogP contribution in [0, 0.1) is 5.41 Å². The van der Waals surface area contributed by atoms with Crippen molar-refractivity contribution < 1.29 is 19.2 Å². The Morgan fingerprint density at radius 2 is 1.21 bits per heavy atom. The van der Waals surface area contributed by atoms with Crippen LogP contribution in [0.2, 0.25) is 0 Å². The Morgan fingerprint density at radius 3 is 1.61 bits per heavy atom. The highest BCUT2D eigenvalue weighted by molar-refractivity contribution is 6.20. The van der Waals surface area contributed by atoms with Gasteiger partial charge in [0.15, 0.2) is 5.78 Å². The fourth-order valence-corrected chi connectivity index (χ4v) is 4.32. The number of benzene rings is 2. The number of Topliss-reactive ketones (excluding diaryl/α,β-unsaturated/α-hetero) is 2. The third-order valence-corrected chi connectivity index (χ3v) is 5.49. The molecule has 1 aliphatic carbocycles. The zero-order chi connectivity index (χ0) is 20.4. The predicted octanol–water partition coefficient (Wildman–Crippen LogP) is 2.91. The summed E-state index contributed by atoms with van der Waals surface area (Å²) in [5.74, 6) is -1.48. The molecule has 1 aliphatic rings. The zero-order valence-electron chi connectivity index (χ0n) is 15.5. The van der Waals surface area contributed by atoms with Crippen LogP contribution in [0.25, 0.3) is 0 Å². The van der Waals surface area contributed by atoms with E-state index in [0.29, 0.717) is 11.1 Å². The van der Waals surface area contributed by atoms with Gasteiger partial charge in [-0.2, -0.15) is 9.98 Å². The molecule has 2 aromatic rings. The third-order valence-electron chi connectivity index (χ3n) is 5.49. The normalized spacial score (nSPS) is 22.6. The van der Waals surface area contributed by atoms with E-state index in [1.165, 1.54) is 12.2 Å². The average Bonchev–Trinajstić information content (AvgIpc) is 2.68. The van der Waals surface area contributed by atoms with Crippen LogP contribution in [0.15, 0.2) is 70.6 Å². The van der Waals surface area contributed by atoms with Crippen molar-refractivity contribution in [1.29, 1.82) is 0 Å². The fraction of sp³-hybridized carbons (Fsp3) is 0.273. The van der Waals surface area contributed by atoms with Gasteiger partial charge in [-0.05, 0) is 16.5 Å². The number of hydrogen-bond acceptors (Lipinski definition) is 6. The number of carbonyl (C=O) groups is 2. The smallest absolute Gasteiger partial charge is 0.290 e. The summed E-state index contributed by atoms with van der Waals surface area (Å²) in [6, 6.07) is 17.9. The molecule has 140 valence electrons. The molecule has 0 aliphatic heterocycles. The van der Waals surface area contributed by atoms with Crippen LogP contribution in [0.5, 0.6) is 0 Å². The summed E-state index contributed by atoms with van der Waals surface area (Å²) >= 11 is 0. The first kappa shape index (κ1) is 19.3. The van der Waals surface area contributed by atoms with Gasteiger partial charge in [-0.15, -0.1) is 0 Å². The first-order valence-electron chi connectivity index (χ1n) is 8.74. The maximum absolute atomic E-state index is 14.0. The highest BCUT2D eigenvalue weighted by Gasteiger charge is 2.67. The summed E-state index contributed by atoms with van der Waals surface area (Å²) in [6.45, 7) is 3.62. The van der Waals surface area contributed by atoms with Gasteiger partial charge in [0, 0.05) is 6.42 Å². The van der Waals surface area contributed by atoms with Gasteiger partial charge in [0.05, 0.1) is 5.41 Å². The summed E-state index contributed by atoms with van der Waals surface area (Å²) in [4.78, 5) is 56.0. The topological polar surface area (TPSA) is 93.0 Å². The van der Waals surface area contributed by atoms with E-state index < -0.39 is 28.1 Å². The standard InChI is InChI=1S/C22H18N2O4/c1-20(2)13-18(27)22(23-14-25,24-15-26)19(28)21(20,16-9-5-3-6-10-16)17-11-7-4-8-12-17/h3-12H,13H2,1-2H3. The van der Waals surface area contributed by atoms with Gasteiger partial charge < -0.3 is 0 Å². The molecule has 0 aromatic heterocycles. The molecular formula is C22H18N2O4. The van der Waals surface area contributed by atoms with E-state index in [4.69, 9.17) is 0 Å². The maximum atomic E-state index is 14.0. The van der Waals surface area contributed by atoms with Crippen molar-refractivity contribution in [1.82, 2.24) is 0 Å². The molecule has 1 saturated carbocycles. The number of aliphatic imine (C=N–C) groups is 2. The van der Waals surface area contributed by atoms with E-state index in [0.717, 1.165) is 0 Å². The molecule has 0 saturated heterocycles. The predicted molar refractivity (Wildman–Crippen MR) is 101 cm³/mol. The minimum absolute atomic E-state index is 0.126. The van der Waals surface area contributed by atoms with Crippen molar-refractivity contribution in [2.75, 3.05) is 0 Å². The first-order valence-corrected chi connectivity index (χ1v) is 8.74. The van der Waals surface area contributed by atoms with Crippen LogP contribution in [0.3, 0.4) is 0 Å². The lowest BCUT2D eigenvalue weighted by Crippen LogP contribution is -2.65. The Bertz CT molecular complexity index is 958. The quantitative estimate of drug-likeness (QED) is 0.467. The molecule has 6 nitrogen and oxygen atoms in total. The fourth-order valence-electron chi connectivity index (χ4n) is 4.32. The SMILES string of the molecule is CC1(C)CC(=O)C(N=C=O)(N=C=O)C(=O)C1(c1ccccc1)c1ccccc1. The highest BCUT2D eigenvalue weighted by atomic mass is 16.2. The van der Waals surface area contributed by atoms with Crippen LogP contribution in [0.1, 0.15) is 31.4 Å². The van der Waals surface area contributed by atoms with E-state index in [-0.39, 0.29) is 6.42 Å². The first-order chi connectivity index (χ1) is 13.4. The Hall–Kier alpha value is -3.46. The van der Waals surface area contributed by atoms with Crippen LogP contribution in [0.4, 0.5) is 0 Å². The summed E-state index contributed by atoms with van der Waals surface area (Å²) in [6.07, 6.45) is 2.38. The van der Waals surface area contributed by atoms with Crippen molar-refractivity contribution in [2.45, 2.75) is 31.3 Å². The molecule has 6 heteroatoms. The minimum Gasteiger partial charge on any atom is -0.294 e. The number of ketones is 2. The van der Waals surface area contributed by atoms with Crippen molar-refractivity contribution in [3.8, 4) is 0 Å². The van der Waals surface area contributed by atoms with E-state index >= 15 is 0 Å². The minimum atomic E-state index is -2.48. The van der Waals surface area contributed by atoms with Gasteiger partial charge in [-0.3, -0.25) is 9.59 Å². The van der Waals surface area contributed by atoms with Crippen LogP contribution in [-0.4, -0.2) is 29.4 Å². The number of carbonyl (C=O) groups excluding carboxylic acids is 4. The van der Waals surface area contributed by atoms with Crippen molar-refractivity contribution in [3.63, 3.8) is 0 Å². The van der Waals surface area contributed by atoms with Crippen LogP contribution < -0.4 is 0 Å². The summed E-state index contributed by atoms with van der Waals surface area (Å²) in [5, 5.41) is 0. The lowest BCUT2D eigenvalue weighted by Gasteiger charge is -2.52. The summed E-state index contributed by atoms with van der Waals surface area (Å²) in [5.41, 5.74) is -3.50. The Labute approximate surface area is 162 Å². The average molecular weight is 374 g/mol. The van der Waals surface area contributed by atoms with Crippen LogP contribution in [-0.2, 0) is 24.6 Å². The molecule has 0 heterocycles. The Morgan fingerprint density at radius 1 is 0.786 bits per heavy atom. The van der Waals surface area contributed by atoms with Gasteiger partial charge in [-0.1, -0.05) is 74.5 Å².